The topological polar surface area (TPSA) is 55.6 Å². The van der Waals surface area contributed by atoms with Gasteiger partial charge in [-0.15, -0.1) is 0 Å². The molecule has 4 nitrogen and oxygen atoms in total. The number of carbonyl (C=O) groups excluding carboxylic acids is 1. The van der Waals surface area contributed by atoms with E-state index in [2.05, 4.69) is 0 Å². The van der Waals surface area contributed by atoms with Crippen LogP contribution in [0.25, 0.3) is 0 Å². The molecule has 4 heteroatoms. The van der Waals surface area contributed by atoms with E-state index >= 15 is 0 Å². The molecule has 0 radical (unpaired) electrons. The molecule has 0 heterocycles. The van der Waals surface area contributed by atoms with E-state index in [1.54, 1.807) is 12.0 Å². The van der Waals surface area contributed by atoms with Gasteiger partial charge in [0.2, 0.25) is 5.91 Å². The summed E-state index contributed by atoms with van der Waals surface area (Å²) >= 11 is 0. The molecule has 0 aromatic heterocycles. The molecule has 1 aromatic carbocycles. The number of nitrogens with two attached hydrogens (primary N) is 1. The molecule has 0 saturated heterocycles. The van der Waals surface area contributed by atoms with Crippen molar-refractivity contribution >= 4 is 11.6 Å². The van der Waals surface area contributed by atoms with Crippen molar-refractivity contribution in [1.82, 2.24) is 0 Å². The van der Waals surface area contributed by atoms with Gasteiger partial charge in [-0.1, -0.05) is 12.1 Å². The van der Waals surface area contributed by atoms with Crippen LogP contribution in [0.2, 0.25) is 0 Å². The number of hydrogen-bond donors (Lipinski definition) is 1. The fraction of sp³-hybridized carbons (Fsp3) is 0.364. The molecular formula is C11H16N2O2. The minimum atomic E-state index is -0.109. The zero-order valence-electron chi connectivity index (χ0n) is 9.06. The maximum atomic E-state index is 11.6. The highest BCUT2D eigenvalue weighted by Crippen LogP contribution is 2.27. The van der Waals surface area contributed by atoms with Crippen LogP contribution in [-0.4, -0.2) is 26.1 Å². The summed E-state index contributed by atoms with van der Waals surface area (Å²) in [6.07, 6.45) is 0. The van der Waals surface area contributed by atoms with Gasteiger partial charge in [0.1, 0.15) is 5.75 Å². The van der Waals surface area contributed by atoms with Crippen LogP contribution in [0.5, 0.6) is 5.75 Å². The van der Waals surface area contributed by atoms with Gasteiger partial charge in [-0.25, -0.2) is 0 Å². The van der Waals surface area contributed by atoms with Gasteiger partial charge in [-0.3, -0.25) is 4.79 Å². The molecule has 0 aliphatic heterocycles. The third-order valence-electron chi connectivity index (χ3n) is 2.17. The fourth-order valence-electron chi connectivity index (χ4n) is 1.44. The Hall–Kier alpha value is -1.55. The standard InChI is InChI=1S/C11H16N2O2/c1-3-13(11(14)8-12)9-6-4-5-7-10(9)15-2/h4-7H,3,8,12H2,1-2H3. The summed E-state index contributed by atoms with van der Waals surface area (Å²) in [5.74, 6) is 0.572. The lowest BCUT2D eigenvalue weighted by Gasteiger charge is -2.22. The van der Waals surface area contributed by atoms with E-state index in [1.807, 2.05) is 31.2 Å². The number of carbonyl (C=O) groups is 1. The van der Waals surface area contributed by atoms with E-state index in [4.69, 9.17) is 10.5 Å². The average Bonchev–Trinajstić information content (AvgIpc) is 2.30. The predicted octanol–water partition coefficient (Wildman–Crippen LogP) is 1.01. The van der Waals surface area contributed by atoms with Crippen LogP contribution in [0.15, 0.2) is 24.3 Å². The zero-order valence-corrected chi connectivity index (χ0v) is 9.06. The molecule has 0 spiro atoms. The third kappa shape index (κ3) is 2.47. The van der Waals surface area contributed by atoms with Crippen molar-refractivity contribution in [2.24, 2.45) is 5.73 Å². The van der Waals surface area contributed by atoms with Gasteiger partial charge in [0, 0.05) is 6.54 Å². The lowest BCUT2D eigenvalue weighted by atomic mass is 10.2. The SMILES string of the molecule is CCN(C(=O)CN)c1ccccc1OC. The molecule has 2 N–H and O–H groups in total. The van der Waals surface area contributed by atoms with Gasteiger partial charge >= 0.3 is 0 Å². The number of rotatable bonds is 4. The van der Waals surface area contributed by atoms with Crippen molar-refractivity contribution in [3.63, 3.8) is 0 Å². The van der Waals surface area contributed by atoms with Gasteiger partial charge < -0.3 is 15.4 Å². The van der Waals surface area contributed by atoms with Crippen LogP contribution >= 0.6 is 0 Å². The first kappa shape index (κ1) is 11.5. The molecule has 82 valence electrons. The van der Waals surface area contributed by atoms with Crippen LogP contribution in [0.3, 0.4) is 0 Å². The second-order valence-electron chi connectivity index (χ2n) is 3.01. The smallest absolute Gasteiger partial charge is 0.240 e. The zero-order chi connectivity index (χ0) is 11.3. The molecule has 0 bridgehead atoms. The largest absolute Gasteiger partial charge is 0.495 e. The first-order chi connectivity index (χ1) is 7.24. The summed E-state index contributed by atoms with van der Waals surface area (Å²) in [6, 6.07) is 7.39. The number of methoxy groups -OCH3 is 1. The van der Waals surface area contributed by atoms with Crippen LogP contribution < -0.4 is 15.4 Å². The molecule has 1 amide bonds. The maximum absolute atomic E-state index is 11.6. The summed E-state index contributed by atoms with van der Waals surface area (Å²) in [4.78, 5) is 13.2. The first-order valence-corrected chi connectivity index (χ1v) is 4.88. The van der Waals surface area contributed by atoms with Crippen molar-refractivity contribution in [1.29, 1.82) is 0 Å². The van der Waals surface area contributed by atoms with E-state index in [-0.39, 0.29) is 12.5 Å². The van der Waals surface area contributed by atoms with Crippen LogP contribution in [0, 0.1) is 0 Å². The summed E-state index contributed by atoms with van der Waals surface area (Å²) in [5.41, 5.74) is 6.11. The Bertz CT molecular complexity index is 339. The van der Waals surface area contributed by atoms with Gasteiger partial charge in [-0.05, 0) is 19.1 Å². The van der Waals surface area contributed by atoms with Crippen molar-refractivity contribution in [2.75, 3.05) is 25.1 Å². The Labute approximate surface area is 89.6 Å². The lowest BCUT2D eigenvalue weighted by molar-refractivity contribution is -0.117. The lowest BCUT2D eigenvalue weighted by Crippen LogP contribution is -2.36. The molecule has 0 fully saturated rings. The van der Waals surface area contributed by atoms with E-state index in [0.717, 1.165) is 5.69 Å². The Balaban J connectivity index is 3.05. The molecule has 0 saturated carbocycles. The number of nitrogens with zero attached hydrogens (tertiary/aromatic N) is 1. The van der Waals surface area contributed by atoms with Gasteiger partial charge in [0.25, 0.3) is 0 Å². The van der Waals surface area contributed by atoms with Crippen molar-refractivity contribution < 1.29 is 9.53 Å². The van der Waals surface area contributed by atoms with Gasteiger partial charge in [0.15, 0.2) is 0 Å². The fourth-order valence-corrected chi connectivity index (χ4v) is 1.44. The van der Waals surface area contributed by atoms with Crippen LogP contribution in [0.1, 0.15) is 6.92 Å². The predicted molar refractivity (Wildman–Crippen MR) is 60.1 cm³/mol. The van der Waals surface area contributed by atoms with Crippen molar-refractivity contribution in [2.45, 2.75) is 6.92 Å². The number of benzene rings is 1. The Morgan fingerprint density at radius 2 is 2.13 bits per heavy atom. The Kier molecular flexibility index (Phi) is 4.12. The van der Waals surface area contributed by atoms with Crippen molar-refractivity contribution in [3.05, 3.63) is 24.3 Å². The van der Waals surface area contributed by atoms with Gasteiger partial charge in [-0.2, -0.15) is 0 Å². The van der Waals surface area contributed by atoms with Gasteiger partial charge in [0.05, 0.1) is 19.3 Å². The number of hydrogen-bond acceptors (Lipinski definition) is 3. The summed E-state index contributed by atoms with van der Waals surface area (Å²) in [6.45, 7) is 2.49. The number of likely N-dealkylation sites (N-methyl/N-ethyl adjacent to an activating group) is 1. The quantitative estimate of drug-likeness (QED) is 0.803. The summed E-state index contributed by atoms with van der Waals surface area (Å²) in [5, 5.41) is 0. The minimum absolute atomic E-state index is 0.00584. The van der Waals surface area contributed by atoms with E-state index in [9.17, 15) is 4.79 Å². The van der Waals surface area contributed by atoms with Crippen LogP contribution in [-0.2, 0) is 4.79 Å². The van der Waals surface area contributed by atoms with E-state index in [0.29, 0.717) is 12.3 Å². The summed E-state index contributed by atoms with van der Waals surface area (Å²) in [7, 11) is 1.58. The van der Waals surface area contributed by atoms with Crippen molar-refractivity contribution in [3.8, 4) is 5.75 Å². The summed E-state index contributed by atoms with van der Waals surface area (Å²) < 4.78 is 5.19. The second kappa shape index (κ2) is 5.36. The molecular weight excluding hydrogens is 192 g/mol. The number of para-hydroxylation sites is 2. The Morgan fingerprint density at radius 1 is 1.47 bits per heavy atom. The third-order valence-corrected chi connectivity index (χ3v) is 2.17. The van der Waals surface area contributed by atoms with E-state index in [1.165, 1.54) is 0 Å². The number of amides is 1. The highest BCUT2D eigenvalue weighted by atomic mass is 16.5. The Morgan fingerprint density at radius 3 is 2.67 bits per heavy atom. The normalized spacial score (nSPS) is 9.80. The molecule has 1 rings (SSSR count). The minimum Gasteiger partial charge on any atom is -0.495 e. The highest BCUT2D eigenvalue weighted by molar-refractivity contribution is 5.95. The second-order valence-corrected chi connectivity index (χ2v) is 3.01. The molecule has 0 atom stereocenters. The molecule has 1 aromatic rings. The van der Waals surface area contributed by atoms with E-state index < -0.39 is 0 Å². The molecule has 15 heavy (non-hydrogen) atoms. The number of ether oxygens (including phenoxy) is 1. The average molecular weight is 208 g/mol. The first-order valence-electron chi connectivity index (χ1n) is 4.88. The molecule has 0 unspecified atom stereocenters. The monoisotopic (exact) mass is 208 g/mol. The molecule has 0 aliphatic carbocycles. The molecule has 0 aliphatic rings. The van der Waals surface area contributed by atoms with Crippen LogP contribution in [0.4, 0.5) is 5.69 Å². The number of anilines is 1. The maximum Gasteiger partial charge on any atom is 0.240 e. The highest BCUT2D eigenvalue weighted by Gasteiger charge is 2.15.